The maximum atomic E-state index is 12.5. The molecule has 3 heteroatoms. The molecule has 0 unspecified atom stereocenters. The Morgan fingerprint density at radius 2 is 1.55 bits per heavy atom. The third-order valence-corrected chi connectivity index (χ3v) is 3.14. The molecule has 0 aromatic heterocycles. The van der Waals surface area contributed by atoms with Crippen molar-refractivity contribution in [3.8, 4) is 11.5 Å². The summed E-state index contributed by atoms with van der Waals surface area (Å²) in [5.74, 6) is 1.32. The van der Waals surface area contributed by atoms with E-state index in [0.29, 0.717) is 24.4 Å². The highest BCUT2D eigenvalue weighted by atomic mass is 16.5. The van der Waals surface area contributed by atoms with Gasteiger partial charge in [-0.15, -0.1) is 0 Å². The Kier molecular flexibility index (Phi) is 4.77. The summed E-state index contributed by atoms with van der Waals surface area (Å²) in [6.07, 6.45) is 0. The molecule has 0 fully saturated rings. The predicted octanol–water partition coefficient (Wildman–Crippen LogP) is 3.96. The van der Waals surface area contributed by atoms with Crippen LogP contribution in [-0.2, 0) is 0 Å². The number of rotatable bonds is 5. The van der Waals surface area contributed by atoms with Crippen LogP contribution in [-0.4, -0.2) is 23.9 Å². The third-order valence-electron chi connectivity index (χ3n) is 3.14. The van der Waals surface area contributed by atoms with E-state index in [2.05, 4.69) is 0 Å². The van der Waals surface area contributed by atoms with E-state index in [4.69, 9.17) is 4.74 Å². The largest absolute Gasteiger partial charge is 0.457 e. The lowest BCUT2D eigenvalue weighted by Gasteiger charge is -2.20. The summed E-state index contributed by atoms with van der Waals surface area (Å²) >= 11 is 0. The van der Waals surface area contributed by atoms with Gasteiger partial charge in [-0.05, 0) is 38.1 Å². The topological polar surface area (TPSA) is 29.5 Å². The fraction of sp³-hybridized carbons (Fsp3) is 0.235. The van der Waals surface area contributed by atoms with Crippen LogP contribution in [0.4, 0.5) is 0 Å². The number of nitrogens with zero attached hydrogens (tertiary/aromatic N) is 1. The minimum absolute atomic E-state index is 0.00142. The van der Waals surface area contributed by atoms with Gasteiger partial charge in [0.25, 0.3) is 5.91 Å². The van der Waals surface area contributed by atoms with Crippen molar-refractivity contribution in [2.45, 2.75) is 13.8 Å². The van der Waals surface area contributed by atoms with Gasteiger partial charge >= 0.3 is 0 Å². The summed E-state index contributed by atoms with van der Waals surface area (Å²) in [6.45, 7) is 5.33. The maximum Gasteiger partial charge on any atom is 0.257 e. The molecule has 20 heavy (non-hydrogen) atoms. The summed E-state index contributed by atoms with van der Waals surface area (Å²) in [5.41, 5.74) is 0.597. The first-order valence-electron chi connectivity index (χ1n) is 6.87. The molecule has 0 radical (unpaired) electrons. The van der Waals surface area contributed by atoms with Crippen molar-refractivity contribution in [2.75, 3.05) is 13.1 Å². The number of hydrogen-bond donors (Lipinski definition) is 0. The SMILES string of the molecule is CCN(CC)C(=O)c1ccccc1Oc1ccccc1. The van der Waals surface area contributed by atoms with Gasteiger partial charge in [0.2, 0.25) is 0 Å². The molecule has 2 aromatic carbocycles. The normalized spacial score (nSPS) is 10.1. The molecule has 1 amide bonds. The Morgan fingerprint density at radius 3 is 2.20 bits per heavy atom. The highest BCUT2D eigenvalue weighted by Crippen LogP contribution is 2.26. The first-order chi connectivity index (χ1) is 9.76. The molecular formula is C17H19NO2. The van der Waals surface area contributed by atoms with Gasteiger partial charge in [-0.25, -0.2) is 0 Å². The van der Waals surface area contributed by atoms with Gasteiger partial charge in [0.15, 0.2) is 0 Å². The molecule has 0 heterocycles. The molecule has 2 aromatic rings. The molecule has 0 N–H and O–H groups in total. The van der Waals surface area contributed by atoms with E-state index < -0.39 is 0 Å². The van der Waals surface area contributed by atoms with E-state index in [0.717, 1.165) is 5.75 Å². The van der Waals surface area contributed by atoms with Crippen molar-refractivity contribution in [1.29, 1.82) is 0 Å². The van der Waals surface area contributed by atoms with Gasteiger partial charge in [-0.1, -0.05) is 30.3 Å². The molecule has 0 aliphatic carbocycles. The monoisotopic (exact) mass is 269 g/mol. The molecule has 0 saturated carbocycles. The van der Waals surface area contributed by atoms with E-state index in [1.807, 2.05) is 62.4 Å². The molecular weight excluding hydrogens is 250 g/mol. The van der Waals surface area contributed by atoms with Crippen LogP contribution < -0.4 is 4.74 Å². The molecule has 0 aliphatic rings. The number of ether oxygens (including phenoxy) is 1. The number of para-hydroxylation sites is 2. The van der Waals surface area contributed by atoms with Crippen LogP contribution in [0, 0.1) is 0 Å². The van der Waals surface area contributed by atoms with Gasteiger partial charge in [-0.2, -0.15) is 0 Å². The lowest BCUT2D eigenvalue weighted by molar-refractivity contribution is 0.0770. The van der Waals surface area contributed by atoms with E-state index in [1.54, 1.807) is 11.0 Å². The van der Waals surface area contributed by atoms with Crippen molar-refractivity contribution in [3.05, 3.63) is 60.2 Å². The average molecular weight is 269 g/mol. The van der Waals surface area contributed by atoms with Gasteiger partial charge in [0, 0.05) is 13.1 Å². The first-order valence-corrected chi connectivity index (χ1v) is 6.87. The average Bonchev–Trinajstić information content (AvgIpc) is 2.50. The van der Waals surface area contributed by atoms with Crippen LogP contribution in [0.5, 0.6) is 11.5 Å². The summed E-state index contributed by atoms with van der Waals surface area (Å²) in [7, 11) is 0. The third kappa shape index (κ3) is 3.18. The second-order valence-corrected chi connectivity index (χ2v) is 4.39. The smallest absolute Gasteiger partial charge is 0.257 e. The molecule has 2 rings (SSSR count). The van der Waals surface area contributed by atoms with E-state index in [1.165, 1.54) is 0 Å². The minimum Gasteiger partial charge on any atom is -0.457 e. The van der Waals surface area contributed by atoms with Crippen molar-refractivity contribution >= 4 is 5.91 Å². The van der Waals surface area contributed by atoms with Crippen LogP contribution >= 0.6 is 0 Å². The fourth-order valence-electron chi connectivity index (χ4n) is 2.03. The van der Waals surface area contributed by atoms with Gasteiger partial charge in [0.1, 0.15) is 11.5 Å². The van der Waals surface area contributed by atoms with E-state index >= 15 is 0 Å². The maximum absolute atomic E-state index is 12.5. The molecule has 0 bridgehead atoms. The van der Waals surface area contributed by atoms with Crippen molar-refractivity contribution in [1.82, 2.24) is 4.90 Å². The molecule has 104 valence electrons. The molecule has 0 atom stereocenters. The zero-order valence-corrected chi connectivity index (χ0v) is 11.9. The molecule has 0 saturated heterocycles. The number of benzene rings is 2. The zero-order chi connectivity index (χ0) is 14.4. The second-order valence-electron chi connectivity index (χ2n) is 4.39. The lowest BCUT2D eigenvalue weighted by Crippen LogP contribution is -2.30. The Morgan fingerprint density at radius 1 is 0.950 bits per heavy atom. The lowest BCUT2D eigenvalue weighted by atomic mass is 10.1. The Bertz CT molecular complexity index is 562. The quantitative estimate of drug-likeness (QED) is 0.822. The number of carbonyl (C=O) groups is 1. The number of amides is 1. The van der Waals surface area contributed by atoms with Crippen LogP contribution in [0.3, 0.4) is 0 Å². The summed E-state index contributed by atoms with van der Waals surface area (Å²) in [4.78, 5) is 14.2. The zero-order valence-electron chi connectivity index (χ0n) is 11.9. The van der Waals surface area contributed by atoms with E-state index in [9.17, 15) is 4.79 Å². The van der Waals surface area contributed by atoms with Crippen molar-refractivity contribution in [3.63, 3.8) is 0 Å². The highest BCUT2D eigenvalue weighted by molar-refractivity contribution is 5.97. The molecule has 0 spiro atoms. The van der Waals surface area contributed by atoms with Crippen LogP contribution in [0.1, 0.15) is 24.2 Å². The Hall–Kier alpha value is -2.29. The van der Waals surface area contributed by atoms with Crippen molar-refractivity contribution in [2.24, 2.45) is 0 Å². The molecule has 0 aliphatic heterocycles. The molecule has 3 nitrogen and oxygen atoms in total. The predicted molar refractivity (Wildman–Crippen MR) is 80.2 cm³/mol. The Balaban J connectivity index is 2.29. The minimum atomic E-state index is 0.00142. The number of hydrogen-bond acceptors (Lipinski definition) is 2. The highest BCUT2D eigenvalue weighted by Gasteiger charge is 2.17. The van der Waals surface area contributed by atoms with Gasteiger partial charge < -0.3 is 9.64 Å². The summed E-state index contributed by atoms with van der Waals surface area (Å²) in [5, 5.41) is 0. The standard InChI is InChI=1S/C17H19NO2/c1-3-18(4-2)17(19)15-12-8-9-13-16(15)20-14-10-6-5-7-11-14/h5-13H,3-4H2,1-2H3. The summed E-state index contributed by atoms with van der Waals surface area (Å²) < 4.78 is 5.82. The Labute approximate surface area is 119 Å². The van der Waals surface area contributed by atoms with E-state index in [-0.39, 0.29) is 5.91 Å². The first kappa shape index (κ1) is 14.1. The fourth-order valence-corrected chi connectivity index (χ4v) is 2.03. The van der Waals surface area contributed by atoms with Crippen LogP contribution in [0.15, 0.2) is 54.6 Å². The number of carbonyl (C=O) groups excluding carboxylic acids is 1. The van der Waals surface area contributed by atoms with Gasteiger partial charge in [0.05, 0.1) is 5.56 Å². The van der Waals surface area contributed by atoms with Crippen LogP contribution in [0.25, 0.3) is 0 Å². The van der Waals surface area contributed by atoms with Crippen LogP contribution in [0.2, 0.25) is 0 Å². The summed E-state index contributed by atoms with van der Waals surface area (Å²) in [6, 6.07) is 16.8. The van der Waals surface area contributed by atoms with Gasteiger partial charge in [-0.3, -0.25) is 4.79 Å². The van der Waals surface area contributed by atoms with Crippen molar-refractivity contribution < 1.29 is 9.53 Å². The second kappa shape index (κ2) is 6.75.